The lowest BCUT2D eigenvalue weighted by atomic mass is 9.82. The third-order valence-corrected chi connectivity index (χ3v) is 8.13. The Labute approximate surface area is 301 Å². The largest absolute Gasteiger partial charge is 0.373 e. The van der Waals surface area contributed by atoms with Crippen molar-refractivity contribution in [2.75, 3.05) is 0 Å². The van der Waals surface area contributed by atoms with Crippen LogP contribution in [0.25, 0.3) is 11.1 Å². The summed E-state index contributed by atoms with van der Waals surface area (Å²) in [7, 11) is 0. The number of fused-ring (bicyclic) bond motifs is 3. The summed E-state index contributed by atoms with van der Waals surface area (Å²) >= 11 is 0. The number of aromatic nitrogens is 1. The van der Waals surface area contributed by atoms with Crippen molar-refractivity contribution in [2.24, 2.45) is 29.2 Å². The second-order valence-electron chi connectivity index (χ2n) is 12.9. The highest BCUT2D eigenvalue weighted by molar-refractivity contribution is 6.00. The van der Waals surface area contributed by atoms with Gasteiger partial charge in [-0.05, 0) is 35.2 Å². The second kappa shape index (κ2) is 21.0. The molecule has 7 heteroatoms. The predicted octanol–water partition coefficient (Wildman–Crippen LogP) is 7.99. The minimum atomic E-state index is -1.50. The van der Waals surface area contributed by atoms with E-state index in [2.05, 4.69) is 4.98 Å². The van der Waals surface area contributed by atoms with Crippen molar-refractivity contribution in [3.63, 3.8) is 0 Å². The highest BCUT2D eigenvalue weighted by atomic mass is 16.3. The molecule has 4 aromatic rings. The molecular weight excluding hydrogens is 622 g/mol. The van der Waals surface area contributed by atoms with Crippen LogP contribution in [-0.2, 0) is 32.8 Å². The lowest BCUT2D eigenvalue weighted by Crippen LogP contribution is -2.38. The summed E-state index contributed by atoms with van der Waals surface area (Å²) in [5.74, 6) is -0.124. The summed E-state index contributed by atoms with van der Waals surface area (Å²) in [6.45, 7) is 11.1. The molecule has 1 aliphatic carbocycles. The fraction of sp³-hybridized carbons (Fsp3) is 0.395. The van der Waals surface area contributed by atoms with E-state index in [1.807, 2.05) is 139 Å². The Hall–Kier alpha value is -4.30. The van der Waals surface area contributed by atoms with Crippen LogP contribution in [0.2, 0.25) is 0 Å². The van der Waals surface area contributed by atoms with Gasteiger partial charge in [0, 0.05) is 47.2 Å². The zero-order valence-electron chi connectivity index (χ0n) is 28.4. The van der Waals surface area contributed by atoms with Crippen molar-refractivity contribution in [1.82, 2.24) is 4.98 Å². The van der Waals surface area contributed by atoms with Gasteiger partial charge in [-0.25, -0.2) is 0 Å². The summed E-state index contributed by atoms with van der Waals surface area (Å²) in [4.78, 5) is 39.7. The standard InChI is InChI=1S/C17H16O2.C12H17NO.C11H16N2O.3CH4/c1-11(2)16(18)17(19)14-9-5-3-7-12(14)13-8-4-6-10-15(13)17;1-9(2)12(14)11(13)8-10-6-4-3-5-7-10;1-8(2)11(14)10(12)7-9-5-3-4-6-13-9;;;/h3-11,19H,1-2H3;3-7,9,11H,8,13H2,1-2H3;3-6,8,10H,7,12H2,1-2H3;3*1H4. The van der Waals surface area contributed by atoms with Crippen molar-refractivity contribution in [1.29, 1.82) is 0 Å². The molecule has 5 N–H and O–H groups in total. The molecule has 2 atom stereocenters. The second-order valence-corrected chi connectivity index (χ2v) is 12.9. The lowest BCUT2D eigenvalue weighted by Gasteiger charge is -2.26. The van der Waals surface area contributed by atoms with E-state index in [1.165, 1.54) is 0 Å². The van der Waals surface area contributed by atoms with Crippen molar-refractivity contribution in [3.05, 3.63) is 126 Å². The molecule has 2 unspecified atom stereocenters. The summed E-state index contributed by atoms with van der Waals surface area (Å²) in [6, 6.07) is 29.9. The fourth-order valence-corrected chi connectivity index (χ4v) is 5.56. The molecule has 272 valence electrons. The maximum absolute atomic E-state index is 12.5. The molecule has 1 aliphatic rings. The summed E-state index contributed by atoms with van der Waals surface area (Å²) in [5.41, 5.74) is 15.4. The number of Topliss-reactive ketones (excluding diaryl/α,β-unsaturated/α-hetero) is 3. The number of ketones is 3. The van der Waals surface area contributed by atoms with Gasteiger partial charge in [0.05, 0.1) is 12.1 Å². The van der Waals surface area contributed by atoms with Gasteiger partial charge in [-0.1, -0.05) is 149 Å². The molecule has 1 heterocycles. The zero-order valence-corrected chi connectivity index (χ0v) is 28.4. The number of rotatable bonds is 10. The molecule has 3 aromatic carbocycles. The maximum Gasteiger partial charge on any atom is 0.176 e. The lowest BCUT2D eigenvalue weighted by molar-refractivity contribution is -0.137. The third-order valence-electron chi connectivity index (χ3n) is 8.13. The first-order valence-corrected chi connectivity index (χ1v) is 16.3. The van der Waals surface area contributed by atoms with Gasteiger partial charge in [0.2, 0.25) is 0 Å². The fourth-order valence-electron chi connectivity index (χ4n) is 5.56. The van der Waals surface area contributed by atoms with Crippen molar-refractivity contribution in [3.8, 4) is 11.1 Å². The van der Waals surface area contributed by atoms with Gasteiger partial charge in [-0.2, -0.15) is 0 Å². The topological polar surface area (TPSA) is 136 Å². The van der Waals surface area contributed by atoms with Crippen LogP contribution in [-0.4, -0.2) is 39.5 Å². The van der Waals surface area contributed by atoms with E-state index in [0.29, 0.717) is 24.0 Å². The van der Waals surface area contributed by atoms with E-state index >= 15 is 0 Å². The van der Waals surface area contributed by atoms with Crippen molar-refractivity contribution >= 4 is 17.3 Å². The summed E-state index contributed by atoms with van der Waals surface area (Å²) in [5, 5.41) is 11.1. The maximum atomic E-state index is 12.5. The molecular formula is C43H61N3O4. The van der Waals surface area contributed by atoms with E-state index in [0.717, 1.165) is 22.4 Å². The Bertz CT molecular complexity index is 1510. The number of carbonyl (C=O) groups is 3. The number of benzene rings is 3. The first-order chi connectivity index (χ1) is 22.3. The zero-order chi connectivity index (χ0) is 34.7. The Morgan fingerprint density at radius 1 is 0.600 bits per heavy atom. The molecule has 0 saturated heterocycles. The quantitative estimate of drug-likeness (QED) is 0.154. The SMILES string of the molecule is C.C.C.CC(C)C(=O)C(N)Cc1ccccc1.CC(C)C(=O)C(N)Cc1ccccn1.CC(C)C(=O)C1(O)c2ccccc2-c2ccccc21. The smallest absolute Gasteiger partial charge is 0.176 e. The Balaban J connectivity index is 0.000000713. The molecule has 7 nitrogen and oxygen atoms in total. The molecule has 0 aliphatic heterocycles. The minimum absolute atomic E-state index is 0. The van der Waals surface area contributed by atoms with Crippen LogP contribution in [0.15, 0.2) is 103 Å². The van der Waals surface area contributed by atoms with Crippen molar-refractivity contribution in [2.45, 2.75) is 94.3 Å². The summed E-state index contributed by atoms with van der Waals surface area (Å²) in [6.07, 6.45) is 2.87. The first kappa shape index (κ1) is 45.7. The minimum Gasteiger partial charge on any atom is -0.373 e. The predicted molar refractivity (Wildman–Crippen MR) is 209 cm³/mol. The highest BCUT2D eigenvalue weighted by Gasteiger charge is 2.47. The molecule has 1 aromatic heterocycles. The van der Waals surface area contributed by atoms with Crippen LogP contribution in [0.1, 0.15) is 86.2 Å². The molecule has 0 amide bonds. The van der Waals surface area contributed by atoms with E-state index in [4.69, 9.17) is 11.5 Å². The number of hydrogen-bond acceptors (Lipinski definition) is 7. The van der Waals surface area contributed by atoms with Crippen LogP contribution in [0.3, 0.4) is 0 Å². The van der Waals surface area contributed by atoms with Gasteiger partial charge in [-0.15, -0.1) is 0 Å². The highest BCUT2D eigenvalue weighted by Crippen LogP contribution is 2.48. The molecule has 50 heavy (non-hydrogen) atoms. The van der Waals surface area contributed by atoms with E-state index < -0.39 is 11.6 Å². The normalized spacial score (nSPS) is 13.0. The molecule has 5 rings (SSSR count). The Kier molecular flexibility index (Phi) is 19.2. The number of hydrogen-bond donors (Lipinski definition) is 3. The Morgan fingerprint density at radius 2 is 1.02 bits per heavy atom. The number of aliphatic hydroxyl groups is 1. The van der Waals surface area contributed by atoms with Crippen LogP contribution in [0, 0.1) is 17.8 Å². The molecule has 0 spiro atoms. The van der Waals surface area contributed by atoms with E-state index in [9.17, 15) is 19.5 Å². The number of nitrogens with zero attached hydrogens (tertiary/aromatic N) is 1. The average molecular weight is 684 g/mol. The van der Waals surface area contributed by atoms with Gasteiger partial charge < -0.3 is 16.6 Å². The molecule has 0 saturated carbocycles. The summed E-state index contributed by atoms with van der Waals surface area (Å²) < 4.78 is 0. The first-order valence-electron chi connectivity index (χ1n) is 16.3. The van der Waals surface area contributed by atoms with Crippen LogP contribution >= 0.6 is 0 Å². The Morgan fingerprint density at radius 3 is 1.44 bits per heavy atom. The van der Waals surface area contributed by atoms with E-state index in [1.54, 1.807) is 6.20 Å². The van der Waals surface area contributed by atoms with Gasteiger partial charge in [0.25, 0.3) is 0 Å². The average Bonchev–Trinajstić information content (AvgIpc) is 3.34. The monoisotopic (exact) mass is 683 g/mol. The number of nitrogens with two attached hydrogens (primary N) is 2. The third kappa shape index (κ3) is 11.4. The molecule has 0 bridgehead atoms. The van der Waals surface area contributed by atoms with Crippen LogP contribution in [0.4, 0.5) is 0 Å². The van der Waals surface area contributed by atoms with Gasteiger partial charge in [0.15, 0.2) is 23.0 Å². The van der Waals surface area contributed by atoms with Crippen LogP contribution < -0.4 is 11.5 Å². The number of carbonyl (C=O) groups excluding carboxylic acids is 3. The van der Waals surface area contributed by atoms with Gasteiger partial charge in [0.1, 0.15) is 0 Å². The molecule has 0 fully saturated rings. The number of pyridine rings is 1. The van der Waals surface area contributed by atoms with Crippen LogP contribution in [0.5, 0.6) is 0 Å². The van der Waals surface area contributed by atoms with Gasteiger partial charge in [-0.3, -0.25) is 19.4 Å². The van der Waals surface area contributed by atoms with E-state index in [-0.39, 0.29) is 63.4 Å². The van der Waals surface area contributed by atoms with Crippen molar-refractivity contribution < 1.29 is 19.5 Å². The molecule has 0 radical (unpaired) electrons. The van der Waals surface area contributed by atoms with Gasteiger partial charge >= 0.3 is 0 Å².